The largest absolute Gasteiger partial charge is 0.343 e. The van der Waals surface area contributed by atoms with Crippen LogP contribution in [0.25, 0.3) is 11.4 Å². The minimum atomic E-state index is 0.214. The number of hydrogen-bond acceptors (Lipinski definition) is 4. The van der Waals surface area contributed by atoms with E-state index in [9.17, 15) is 4.79 Å². The van der Waals surface area contributed by atoms with Crippen LogP contribution in [0.2, 0.25) is 5.02 Å². The van der Waals surface area contributed by atoms with E-state index >= 15 is 0 Å². The molecule has 6 heteroatoms. The van der Waals surface area contributed by atoms with Crippen molar-refractivity contribution in [3.63, 3.8) is 0 Å². The molecule has 1 amide bonds. The maximum atomic E-state index is 11.7. The van der Waals surface area contributed by atoms with Gasteiger partial charge in [-0.15, -0.1) is 0 Å². The van der Waals surface area contributed by atoms with Crippen molar-refractivity contribution >= 4 is 17.5 Å². The number of carbonyl (C=O) groups excluding carboxylic acids is 1. The van der Waals surface area contributed by atoms with Crippen LogP contribution in [0.5, 0.6) is 0 Å². The first-order valence-electron chi connectivity index (χ1n) is 7.54. The molecule has 2 aromatic rings. The fourth-order valence-electron chi connectivity index (χ4n) is 2.72. The number of aromatic nitrogens is 2. The normalized spacial score (nSPS) is 16.0. The third-order valence-corrected chi connectivity index (χ3v) is 4.30. The highest BCUT2D eigenvalue weighted by molar-refractivity contribution is 6.30. The minimum absolute atomic E-state index is 0.214. The smallest absolute Gasteiger partial charge is 0.230 e. The van der Waals surface area contributed by atoms with E-state index in [1.807, 2.05) is 36.1 Å². The van der Waals surface area contributed by atoms with E-state index in [0.29, 0.717) is 23.2 Å². The van der Waals surface area contributed by atoms with Gasteiger partial charge in [-0.25, -0.2) is 0 Å². The summed E-state index contributed by atoms with van der Waals surface area (Å²) in [5.74, 6) is 1.69. The van der Waals surface area contributed by atoms with E-state index in [1.54, 1.807) is 0 Å². The van der Waals surface area contributed by atoms with Crippen LogP contribution in [0.15, 0.2) is 28.8 Å². The van der Waals surface area contributed by atoms with Gasteiger partial charge in [-0.2, -0.15) is 4.98 Å². The number of carbonyl (C=O) groups is 1. The maximum Gasteiger partial charge on any atom is 0.230 e. The Hall–Kier alpha value is -1.88. The van der Waals surface area contributed by atoms with Gasteiger partial charge in [0.05, 0.1) is 0 Å². The molecule has 1 aliphatic heterocycles. The summed E-state index contributed by atoms with van der Waals surface area (Å²) < 4.78 is 5.41. The zero-order valence-corrected chi connectivity index (χ0v) is 13.2. The molecule has 1 aliphatic rings. The molecule has 0 unspecified atom stereocenters. The van der Waals surface area contributed by atoms with Gasteiger partial charge < -0.3 is 9.42 Å². The van der Waals surface area contributed by atoms with Gasteiger partial charge in [-0.1, -0.05) is 23.7 Å². The summed E-state index contributed by atoms with van der Waals surface area (Å²) in [6.45, 7) is 3.41. The van der Waals surface area contributed by atoms with E-state index in [-0.39, 0.29) is 11.8 Å². The van der Waals surface area contributed by atoms with Crippen LogP contribution in [0.4, 0.5) is 0 Å². The lowest BCUT2D eigenvalue weighted by atomic mass is 9.96. The van der Waals surface area contributed by atoms with E-state index < -0.39 is 0 Å². The molecule has 116 valence electrons. The zero-order chi connectivity index (χ0) is 15.5. The average molecular weight is 320 g/mol. The number of halogens is 1. The lowest BCUT2D eigenvalue weighted by molar-refractivity contribution is -0.131. The molecule has 1 fully saturated rings. The Labute approximate surface area is 134 Å². The summed E-state index contributed by atoms with van der Waals surface area (Å²) in [6.07, 6.45) is 2.30. The molecule has 0 spiro atoms. The molecule has 1 aromatic carbocycles. The molecular formula is C16H18ClN3O2. The van der Waals surface area contributed by atoms with Gasteiger partial charge in [0.2, 0.25) is 17.6 Å². The van der Waals surface area contributed by atoms with Crippen molar-refractivity contribution in [3.8, 4) is 11.4 Å². The van der Waals surface area contributed by atoms with Crippen molar-refractivity contribution < 1.29 is 9.32 Å². The Bertz CT molecular complexity index is 646. The monoisotopic (exact) mass is 319 g/mol. The van der Waals surface area contributed by atoms with E-state index in [1.165, 1.54) is 0 Å². The molecule has 22 heavy (non-hydrogen) atoms. The Morgan fingerprint density at radius 1 is 1.32 bits per heavy atom. The van der Waals surface area contributed by atoms with Gasteiger partial charge >= 0.3 is 0 Å². The zero-order valence-electron chi connectivity index (χ0n) is 12.5. The molecule has 0 bridgehead atoms. The molecule has 3 rings (SSSR count). The first kappa shape index (κ1) is 15.0. The molecule has 1 aromatic heterocycles. The second kappa shape index (κ2) is 6.48. The van der Waals surface area contributed by atoms with Crippen LogP contribution in [-0.2, 0) is 4.79 Å². The Kier molecular flexibility index (Phi) is 4.43. The number of benzene rings is 1. The van der Waals surface area contributed by atoms with Crippen LogP contribution in [0, 0.1) is 0 Å². The fourth-order valence-corrected chi connectivity index (χ4v) is 2.84. The Morgan fingerprint density at radius 2 is 2.00 bits per heavy atom. The average Bonchev–Trinajstić information content (AvgIpc) is 3.05. The summed E-state index contributed by atoms with van der Waals surface area (Å²) in [5.41, 5.74) is 0.887. The van der Waals surface area contributed by atoms with Crippen LogP contribution in [0.3, 0.4) is 0 Å². The summed E-state index contributed by atoms with van der Waals surface area (Å²) in [4.78, 5) is 18.1. The molecule has 0 N–H and O–H groups in total. The molecule has 0 radical (unpaired) electrons. The summed E-state index contributed by atoms with van der Waals surface area (Å²) in [5, 5.41) is 4.73. The number of rotatable bonds is 3. The van der Waals surface area contributed by atoms with E-state index in [0.717, 1.165) is 31.5 Å². The van der Waals surface area contributed by atoms with Crippen molar-refractivity contribution in [2.45, 2.75) is 32.1 Å². The van der Waals surface area contributed by atoms with Crippen molar-refractivity contribution in [2.24, 2.45) is 0 Å². The van der Waals surface area contributed by atoms with Gasteiger partial charge in [0.15, 0.2) is 0 Å². The minimum Gasteiger partial charge on any atom is -0.343 e. The molecule has 0 saturated carbocycles. The Morgan fingerprint density at radius 3 is 2.64 bits per heavy atom. The molecule has 0 atom stereocenters. The highest BCUT2D eigenvalue weighted by atomic mass is 35.5. The highest BCUT2D eigenvalue weighted by Gasteiger charge is 2.27. The first-order valence-corrected chi connectivity index (χ1v) is 7.92. The van der Waals surface area contributed by atoms with E-state index in [2.05, 4.69) is 10.1 Å². The molecular weight excluding hydrogens is 302 g/mol. The quantitative estimate of drug-likeness (QED) is 0.868. The van der Waals surface area contributed by atoms with Crippen molar-refractivity contribution in [2.75, 3.05) is 13.1 Å². The maximum absolute atomic E-state index is 11.7. The van der Waals surface area contributed by atoms with Crippen LogP contribution >= 0.6 is 11.6 Å². The molecule has 1 saturated heterocycles. The van der Waals surface area contributed by atoms with Crippen molar-refractivity contribution in [1.29, 1.82) is 0 Å². The van der Waals surface area contributed by atoms with Gasteiger partial charge in [0, 0.05) is 36.0 Å². The topological polar surface area (TPSA) is 59.2 Å². The number of nitrogens with zero attached hydrogens (tertiary/aromatic N) is 3. The Balaban J connectivity index is 1.67. The summed E-state index contributed by atoms with van der Waals surface area (Å²) in [7, 11) is 0. The number of likely N-dealkylation sites (tertiary alicyclic amines) is 1. The predicted octanol–water partition coefficient (Wildman–Crippen LogP) is 3.51. The van der Waals surface area contributed by atoms with Gasteiger partial charge in [-0.05, 0) is 37.1 Å². The van der Waals surface area contributed by atoms with E-state index in [4.69, 9.17) is 16.1 Å². The summed E-state index contributed by atoms with van der Waals surface area (Å²) >= 11 is 5.88. The number of amides is 1. The molecule has 5 nitrogen and oxygen atoms in total. The standard InChI is InChI=1S/C16H18ClN3O2/c1-2-14(21)20-9-7-12(8-10-20)16-18-15(19-22-16)11-3-5-13(17)6-4-11/h3-6,12H,2,7-10H2,1H3. The number of piperidine rings is 1. The van der Waals surface area contributed by atoms with Gasteiger partial charge in [0.1, 0.15) is 0 Å². The third kappa shape index (κ3) is 3.14. The first-order chi connectivity index (χ1) is 10.7. The van der Waals surface area contributed by atoms with Crippen LogP contribution in [0.1, 0.15) is 38.0 Å². The number of hydrogen-bond donors (Lipinski definition) is 0. The molecule has 0 aliphatic carbocycles. The lowest BCUT2D eigenvalue weighted by Crippen LogP contribution is -2.37. The SMILES string of the molecule is CCC(=O)N1CCC(c2nc(-c3ccc(Cl)cc3)no2)CC1. The predicted molar refractivity (Wildman–Crippen MR) is 83.6 cm³/mol. The second-order valence-electron chi connectivity index (χ2n) is 5.47. The highest BCUT2D eigenvalue weighted by Crippen LogP contribution is 2.29. The van der Waals surface area contributed by atoms with Crippen LogP contribution < -0.4 is 0 Å². The van der Waals surface area contributed by atoms with Crippen LogP contribution in [-0.4, -0.2) is 34.0 Å². The van der Waals surface area contributed by atoms with Gasteiger partial charge in [-0.3, -0.25) is 4.79 Å². The van der Waals surface area contributed by atoms with Crippen molar-refractivity contribution in [1.82, 2.24) is 15.0 Å². The summed E-state index contributed by atoms with van der Waals surface area (Å²) in [6, 6.07) is 7.36. The second-order valence-corrected chi connectivity index (χ2v) is 5.91. The lowest BCUT2D eigenvalue weighted by Gasteiger charge is -2.30. The third-order valence-electron chi connectivity index (χ3n) is 4.04. The van der Waals surface area contributed by atoms with Crippen molar-refractivity contribution in [3.05, 3.63) is 35.2 Å². The van der Waals surface area contributed by atoms with Gasteiger partial charge in [0.25, 0.3) is 0 Å². The fraction of sp³-hybridized carbons (Fsp3) is 0.438. The molecule has 2 heterocycles.